The number of hydrazone groups is 1. The third-order valence-corrected chi connectivity index (χ3v) is 5.81. The number of β-lactam (4-membered cyclic amide) rings is 1. The maximum atomic E-state index is 12.8. The second kappa shape index (κ2) is 8.99. The van der Waals surface area contributed by atoms with Gasteiger partial charge in [-0.05, 0) is 0 Å². The average Bonchev–Trinajstić information content (AvgIpc) is 2.73. The van der Waals surface area contributed by atoms with Gasteiger partial charge in [0.15, 0.2) is 5.71 Å². The molecule has 0 saturated carbocycles. The van der Waals surface area contributed by atoms with Gasteiger partial charge in [-0.1, -0.05) is 30.3 Å². The number of esters is 1. The molecule has 158 valence electrons. The second-order valence-corrected chi connectivity index (χ2v) is 7.55. The summed E-state index contributed by atoms with van der Waals surface area (Å²) in [7, 11) is 1.55. The monoisotopic (exact) mass is 432 g/mol. The van der Waals surface area contributed by atoms with Crippen molar-refractivity contribution in [2.75, 3.05) is 19.4 Å². The lowest BCUT2D eigenvalue weighted by Gasteiger charge is -2.49. The minimum Gasteiger partial charge on any atom is -0.477 e. The standard InChI is InChI=1S/C19H20N4O6S/c1-10(24)29-8-12-9-30-18-14(17(26)23(18)15(12)19(27)28)21-16(25)13(22-20-2)11-6-4-3-5-7-11/h3-7,14,18,20H,8-9H2,1-2H3,(H,21,25)(H,27,28)/b22-13+/t14-,18-/m1/s1. The highest BCUT2D eigenvalue weighted by molar-refractivity contribution is 8.00. The van der Waals surface area contributed by atoms with Crippen molar-refractivity contribution < 1.29 is 29.0 Å². The van der Waals surface area contributed by atoms with Gasteiger partial charge in [0.1, 0.15) is 23.7 Å². The topological polar surface area (TPSA) is 137 Å². The Morgan fingerprint density at radius 2 is 2.00 bits per heavy atom. The smallest absolute Gasteiger partial charge is 0.352 e. The van der Waals surface area contributed by atoms with Gasteiger partial charge in [0.25, 0.3) is 11.8 Å². The van der Waals surface area contributed by atoms with Gasteiger partial charge in [-0.15, -0.1) is 11.8 Å². The van der Waals surface area contributed by atoms with Crippen molar-refractivity contribution >= 4 is 41.2 Å². The zero-order valence-electron chi connectivity index (χ0n) is 16.2. The fraction of sp³-hybridized carbons (Fsp3) is 0.316. The molecule has 1 saturated heterocycles. The normalized spacial score (nSPS) is 20.8. The summed E-state index contributed by atoms with van der Waals surface area (Å²) in [6.07, 6.45) is 0. The van der Waals surface area contributed by atoms with E-state index in [1.807, 2.05) is 0 Å². The molecule has 3 N–H and O–H groups in total. The summed E-state index contributed by atoms with van der Waals surface area (Å²) in [5.74, 6) is -2.68. The first-order valence-corrected chi connectivity index (χ1v) is 10.0. The van der Waals surface area contributed by atoms with Crippen LogP contribution in [0.2, 0.25) is 0 Å². The largest absolute Gasteiger partial charge is 0.477 e. The predicted octanol–water partition coefficient (Wildman–Crippen LogP) is -0.0882. The van der Waals surface area contributed by atoms with Crippen molar-refractivity contribution in [2.24, 2.45) is 5.10 Å². The van der Waals surface area contributed by atoms with Crippen LogP contribution in [-0.4, -0.2) is 70.3 Å². The number of fused-ring (bicyclic) bond motifs is 1. The molecule has 30 heavy (non-hydrogen) atoms. The van der Waals surface area contributed by atoms with E-state index in [1.54, 1.807) is 37.4 Å². The molecule has 1 fully saturated rings. The van der Waals surface area contributed by atoms with E-state index in [2.05, 4.69) is 15.8 Å². The third-order valence-electron chi connectivity index (χ3n) is 4.47. The maximum Gasteiger partial charge on any atom is 0.352 e. The summed E-state index contributed by atoms with van der Waals surface area (Å²) in [5.41, 5.74) is 3.38. The lowest BCUT2D eigenvalue weighted by Crippen LogP contribution is -2.71. The molecule has 0 radical (unpaired) electrons. The number of ether oxygens (including phenoxy) is 1. The zero-order chi connectivity index (χ0) is 21.8. The molecule has 10 nitrogen and oxygen atoms in total. The molecule has 1 aromatic rings. The number of benzene rings is 1. The van der Waals surface area contributed by atoms with Gasteiger partial charge in [0.05, 0.1) is 0 Å². The molecule has 2 heterocycles. The van der Waals surface area contributed by atoms with Crippen LogP contribution in [0.15, 0.2) is 46.7 Å². The second-order valence-electron chi connectivity index (χ2n) is 6.45. The fourth-order valence-electron chi connectivity index (χ4n) is 3.15. The number of thioether (sulfide) groups is 1. The van der Waals surface area contributed by atoms with E-state index in [4.69, 9.17) is 4.74 Å². The van der Waals surface area contributed by atoms with Gasteiger partial charge in [0, 0.05) is 30.9 Å². The van der Waals surface area contributed by atoms with E-state index in [0.29, 0.717) is 11.1 Å². The van der Waals surface area contributed by atoms with Crippen molar-refractivity contribution in [3.05, 3.63) is 47.2 Å². The van der Waals surface area contributed by atoms with Crippen LogP contribution in [0.1, 0.15) is 12.5 Å². The van der Waals surface area contributed by atoms with Crippen LogP contribution in [0.25, 0.3) is 0 Å². The summed E-state index contributed by atoms with van der Waals surface area (Å²) in [6, 6.07) is 7.86. The molecular weight excluding hydrogens is 412 g/mol. The minimum absolute atomic E-state index is 0.106. The Labute approximate surface area is 176 Å². The first-order valence-electron chi connectivity index (χ1n) is 8.99. The van der Waals surface area contributed by atoms with Crippen LogP contribution in [0.3, 0.4) is 0 Å². The Morgan fingerprint density at radius 1 is 1.30 bits per heavy atom. The van der Waals surface area contributed by atoms with Crippen molar-refractivity contribution in [2.45, 2.75) is 18.3 Å². The lowest BCUT2D eigenvalue weighted by molar-refractivity contribution is -0.150. The number of aliphatic carboxylic acids is 1. The molecule has 0 unspecified atom stereocenters. The third kappa shape index (κ3) is 4.15. The molecule has 2 atom stereocenters. The van der Waals surface area contributed by atoms with Crippen molar-refractivity contribution in [3.63, 3.8) is 0 Å². The van der Waals surface area contributed by atoms with Gasteiger partial charge in [-0.25, -0.2) is 4.79 Å². The van der Waals surface area contributed by atoms with Crippen molar-refractivity contribution in [3.8, 4) is 0 Å². The molecule has 2 aliphatic heterocycles. The number of carbonyl (C=O) groups is 4. The summed E-state index contributed by atoms with van der Waals surface area (Å²) in [6.45, 7) is 1.02. The number of carboxylic acids is 1. The van der Waals surface area contributed by atoms with Gasteiger partial charge in [0.2, 0.25) is 0 Å². The van der Waals surface area contributed by atoms with E-state index in [9.17, 15) is 24.3 Å². The summed E-state index contributed by atoms with van der Waals surface area (Å²) >= 11 is 1.29. The van der Waals surface area contributed by atoms with Crippen molar-refractivity contribution in [1.82, 2.24) is 15.6 Å². The Bertz CT molecular complexity index is 946. The van der Waals surface area contributed by atoms with Crippen LogP contribution < -0.4 is 10.7 Å². The van der Waals surface area contributed by atoms with E-state index < -0.39 is 35.2 Å². The number of amides is 2. The lowest BCUT2D eigenvalue weighted by atomic mass is 10.0. The van der Waals surface area contributed by atoms with Gasteiger partial charge >= 0.3 is 11.9 Å². The molecule has 2 amide bonds. The Kier molecular flexibility index (Phi) is 6.40. The number of nitrogens with zero attached hydrogens (tertiary/aromatic N) is 2. The molecule has 1 aromatic carbocycles. The molecule has 2 aliphatic rings. The van der Waals surface area contributed by atoms with Gasteiger partial charge in [-0.3, -0.25) is 19.3 Å². The highest BCUT2D eigenvalue weighted by atomic mass is 32.2. The van der Waals surface area contributed by atoms with E-state index in [-0.39, 0.29) is 23.8 Å². The predicted molar refractivity (Wildman–Crippen MR) is 108 cm³/mol. The average molecular weight is 432 g/mol. The highest BCUT2D eigenvalue weighted by Crippen LogP contribution is 2.40. The van der Waals surface area contributed by atoms with E-state index in [1.165, 1.54) is 18.7 Å². The molecule has 3 rings (SSSR count). The number of carbonyl (C=O) groups excluding carboxylic acids is 3. The summed E-state index contributed by atoms with van der Waals surface area (Å²) in [5, 5.41) is 15.7. The number of nitrogens with one attached hydrogen (secondary N) is 2. The van der Waals surface area contributed by atoms with Crippen LogP contribution in [0.4, 0.5) is 0 Å². The molecule has 0 spiro atoms. The Hall–Kier alpha value is -3.34. The van der Waals surface area contributed by atoms with Crippen LogP contribution in [-0.2, 0) is 23.9 Å². The number of carboxylic acid groups (broad SMARTS) is 1. The molecule has 0 aromatic heterocycles. The van der Waals surface area contributed by atoms with Gasteiger partial charge in [-0.2, -0.15) is 5.10 Å². The summed E-state index contributed by atoms with van der Waals surface area (Å²) < 4.78 is 4.90. The number of hydrogen-bond acceptors (Lipinski definition) is 8. The first-order chi connectivity index (χ1) is 14.3. The quantitative estimate of drug-likeness (QED) is 0.235. The SMILES string of the molecule is CN/N=C(/C(=O)N[C@@H]1C(=O)N2C(C(=O)O)=C(COC(C)=O)CS[C@H]12)c1ccccc1. The Morgan fingerprint density at radius 3 is 2.60 bits per heavy atom. The van der Waals surface area contributed by atoms with Crippen LogP contribution in [0, 0.1) is 0 Å². The van der Waals surface area contributed by atoms with Crippen molar-refractivity contribution in [1.29, 1.82) is 0 Å². The molecule has 11 heteroatoms. The van der Waals surface area contributed by atoms with Crippen LogP contribution >= 0.6 is 11.8 Å². The highest BCUT2D eigenvalue weighted by Gasteiger charge is 2.54. The first kappa shape index (κ1) is 21.4. The molecule has 0 aliphatic carbocycles. The fourth-order valence-corrected chi connectivity index (χ4v) is 4.47. The number of rotatable bonds is 7. The number of hydrogen-bond donors (Lipinski definition) is 3. The Balaban J connectivity index is 1.77. The maximum absolute atomic E-state index is 12.8. The zero-order valence-corrected chi connectivity index (χ0v) is 17.1. The molecular formula is C19H20N4O6S. The van der Waals surface area contributed by atoms with E-state index in [0.717, 1.165) is 4.90 Å². The summed E-state index contributed by atoms with van der Waals surface area (Å²) in [4.78, 5) is 49.4. The molecule has 0 bridgehead atoms. The minimum atomic E-state index is -1.29. The van der Waals surface area contributed by atoms with E-state index >= 15 is 0 Å². The van der Waals surface area contributed by atoms with Gasteiger partial charge < -0.3 is 20.6 Å². The van der Waals surface area contributed by atoms with Crippen LogP contribution in [0.5, 0.6) is 0 Å².